The lowest BCUT2D eigenvalue weighted by molar-refractivity contribution is -0.118. The molecule has 1 fully saturated rings. The fourth-order valence-electron chi connectivity index (χ4n) is 2.77. The second kappa shape index (κ2) is 9.23. The van der Waals surface area contributed by atoms with E-state index in [0.717, 1.165) is 42.1 Å². The van der Waals surface area contributed by atoms with Crippen molar-refractivity contribution in [1.29, 1.82) is 10.7 Å². The molecule has 0 aliphatic heterocycles. The second-order valence-corrected chi connectivity index (χ2v) is 6.71. The maximum Gasteiger partial charge on any atom is 0.254 e. The molecule has 0 radical (unpaired) electrons. The summed E-state index contributed by atoms with van der Waals surface area (Å²) in [5.41, 5.74) is 0.888. The van der Waals surface area contributed by atoms with Gasteiger partial charge < -0.3 is 20.8 Å². The van der Waals surface area contributed by atoms with E-state index >= 15 is 0 Å². The second-order valence-electron chi connectivity index (χ2n) is 5.85. The Morgan fingerprint density at radius 1 is 1.40 bits per heavy atom. The minimum atomic E-state index is -0.232. The molecule has 132 valence electrons. The summed E-state index contributed by atoms with van der Waals surface area (Å²) < 4.78 is 6.71. The van der Waals surface area contributed by atoms with Gasteiger partial charge in [0.1, 0.15) is 11.8 Å². The largest absolute Gasteiger partial charge is 0.490 e. The van der Waals surface area contributed by atoms with Crippen LogP contribution in [0.2, 0.25) is 0 Å². The highest BCUT2D eigenvalue weighted by Gasteiger charge is 2.24. The van der Waals surface area contributed by atoms with Gasteiger partial charge in [0, 0.05) is 30.0 Å². The third-order valence-corrected chi connectivity index (χ3v) is 4.75. The van der Waals surface area contributed by atoms with Gasteiger partial charge in [-0.25, -0.2) is 0 Å². The van der Waals surface area contributed by atoms with Crippen LogP contribution in [0.4, 0.5) is 0 Å². The summed E-state index contributed by atoms with van der Waals surface area (Å²) in [5.74, 6) is 0.506. The molecular formula is C18H21BrN4O2. The highest BCUT2D eigenvalue weighted by atomic mass is 79.9. The van der Waals surface area contributed by atoms with Gasteiger partial charge in [-0.05, 0) is 59.8 Å². The lowest BCUT2D eigenvalue weighted by Crippen LogP contribution is -2.40. The normalized spacial score (nSPS) is 20.3. The van der Waals surface area contributed by atoms with Crippen molar-refractivity contribution < 1.29 is 9.53 Å². The van der Waals surface area contributed by atoms with Crippen molar-refractivity contribution in [3.8, 4) is 11.8 Å². The number of benzene rings is 1. The monoisotopic (exact) mass is 404 g/mol. The Hall–Kier alpha value is -2.33. The smallest absolute Gasteiger partial charge is 0.254 e. The fourth-order valence-corrected chi connectivity index (χ4v) is 3.22. The van der Waals surface area contributed by atoms with Gasteiger partial charge >= 0.3 is 0 Å². The maximum absolute atomic E-state index is 12.1. The van der Waals surface area contributed by atoms with Crippen LogP contribution in [0.25, 0.3) is 0 Å². The van der Waals surface area contributed by atoms with Crippen LogP contribution in [-0.4, -0.2) is 31.3 Å². The predicted molar refractivity (Wildman–Crippen MR) is 99.6 cm³/mol. The average Bonchev–Trinajstić information content (AvgIpc) is 2.61. The van der Waals surface area contributed by atoms with Crippen LogP contribution in [0.1, 0.15) is 31.2 Å². The summed E-state index contributed by atoms with van der Waals surface area (Å²) in [4.78, 5) is 12.1. The molecule has 0 heterocycles. The maximum atomic E-state index is 12.1. The minimum Gasteiger partial charge on any atom is -0.490 e. The van der Waals surface area contributed by atoms with E-state index in [0.29, 0.717) is 11.1 Å². The molecule has 1 amide bonds. The van der Waals surface area contributed by atoms with E-state index in [1.165, 1.54) is 6.20 Å². The molecule has 0 bridgehead atoms. The number of ether oxygens (including phenoxy) is 1. The van der Waals surface area contributed by atoms with Crippen LogP contribution in [0, 0.1) is 16.7 Å². The quantitative estimate of drug-likeness (QED) is 0.501. The highest BCUT2D eigenvalue weighted by molar-refractivity contribution is 9.10. The summed E-state index contributed by atoms with van der Waals surface area (Å²) in [7, 11) is 1.70. The molecule has 1 saturated carbocycles. The number of carbonyl (C=O) groups excluding carboxylic acids is 1. The average molecular weight is 405 g/mol. The molecule has 25 heavy (non-hydrogen) atoms. The molecule has 1 aromatic rings. The predicted octanol–water partition coefficient (Wildman–Crippen LogP) is 2.88. The summed E-state index contributed by atoms with van der Waals surface area (Å²) >= 11 is 3.36. The van der Waals surface area contributed by atoms with Crippen LogP contribution in [0.5, 0.6) is 5.75 Å². The summed E-state index contributed by atoms with van der Waals surface area (Å²) in [6.45, 7) is 0. The molecule has 6 nitrogen and oxygen atoms in total. The molecule has 0 spiro atoms. The molecule has 0 atom stereocenters. The van der Waals surface area contributed by atoms with Gasteiger partial charge in [-0.3, -0.25) is 4.79 Å². The topological polar surface area (TPSA) is 98.0 Å². The zero-order valence-corrected chi connectivity index (χ0v) is 15.6. The highest BCUT2D eigenvalue weighted by Crippen LogP contribution is 2.27. The van der Waals surface area contributed by atoms with E-state index in [2.05, 4.69) is 32.6 Å². The SMILES string of the molecule is CN/C=C(\C=N)C(=O)N[C@H]1CC[C@H](Oc2ccc(C#N)c(Br)c2)CC1. The van der Waals surface area contributed by atoms with Gasteiger partial charge in [-0.15, -0.1) is 0 Å². The zero-order valence-electron chi connectivity index (χ0n) is 14.0. The number of nitrogens with one attached hydrogen (secondary N) is 3. The van der Waals surface area contributed by atoms with E-state index in [1.807, 2.05) is 6.07 Å². The number of halogens is 1. The summed E-state index contributed by atoms with van der Waals surface area (Å²) in [6, 6.07) is 7.55. The Morgan fingerprint density at radius 2 is 2.12 bits per heavy atom. The lowest BCUT2D eigenvalue weighted by atomic mass is 9.92. The molecule has 0 saturated heterocycles. The molecule has 1 aliphatic rings. The Labute approximate surface area is 155 Å². The van der Waals surface area contributed by atoms with Crippen LogP contribution in [-0.2, 0) is 4.79 Å². The van der Waals surface area contributed by atoms with E-state index in [-0.39, 0.29) is 18.1 Å². The number of hydrogen-bond donors (Lipinski definition) is 3. The van der Waals surface area contributed by atoms with Crippen molar-refractivity contribution in [3.63, 3.8) is 0 Å². The summed E-state index contributed by atoms with van der Waals surface area (Å²) in [5, 5.41) is 22.0. The number of carbonyl (C=O) groups is 1. The molecule has 7 heteroatoms. The van der Waals surface area contributed by atoms with Gasteiger partial charge in [0.2, 0.25) is 0 Å². The van der Waals surface area contributed by atoms with Crippen LogP contribution in [0.15, 0.2) is 34.4 Å². The lowest BCUT2D eigenvalue weighted by Gasteiger charge is -2.29. The Kier molecular flexibility index (Phi) is 7.02. The van der Waals surface area contributed by atoms with Gasteiger partial charge in [0.15, 0.2) is 0 Å². The number of hydrogen-bond acceptors (Lipinski definition) is 5. The summed E-state index contributed by atoms with van der Waals surface area (Å²) in [6.07, 6.45) is 6.01. The van der Waals surface area contributed by atoms with Crippen LogP contribution >= 0.6 is 15.9 Å². The first-order valence-electron chi connectivity index (χ1n) is 8.12. The first-order chi connectivity index (χ1) is 12.1. The Morgan fingerprint density at radius 3 is 2.68 bits per heavy atom. The van der Waals surface area contributed by atoms with Crippen molar-refractivity contribution in [1.82, 2.24) is 10.6 Å². The molecule has 1 aromatic carbocycles. The number of nitrogens with zero attached hydrogens (tertiary/aromatic N) is 1. The number of nitriles is 1. The standard InChI is InChI=1S/C18H21BrN4O2/c1-22-11-13(10-21)18(24)23-14-3-6-15(7-4-14)25-16-5-2-12(9-20)17(19)8-16/h2,5,8,10-11,14-15,21-22H,3-4,6-7H2,1H3,(H,23,24)/b13-11+,21-10?/t14-,15-. The van der Waals surface area contributed by atoms with Crippen molar-refractivity contribution in [2.75, 3.05) is 7.05 Å². The van der Waals surface area contributed by atoms with Crippen molar-refractivity contribution in [2.24, 2.45) is 0 Å². The Bertz CT molecular complexity index is 704. The third-order valence-electron chi connectivity index (χ3n) is 4.09. The first-order valence-corrected chi connectivity index (χ1v) is 8.91. The fraction of sp³-hybridized carbons (Fsp3) is 0.389. The van der Waals surface area contributed by atoms with E-state index < -0.39 is 0 Å². The van der Waals surface area contributed by atoms with Crippen LogP contribution in [0.3, 0.4) is 0 Å². The molecular weight excluding hydrogens is 384 g/mol. The van der Waals surface area contributed by atoms with Gasteiger partial charge in [-0.1, -0.05) is 0 Å². The number of amides is 1. The van der Waals surface area contributed by atoms with E-state index in [1.54, 1.807) is 19.2 Å². The first kappa shape index (κ1) is 19.0. The van der Waals surface area contributed by atoms with Crippen LogP contribution < -0.4 is 15.4 Å². The van der Waals surface area contributed by atoms with Crippen molar-refractivity contribution >= 4 is 28.1 Å². The van der Waals surface area contributed by atoms with Gasteiger partial charge in [0.25, 0.3) is 5.91 Å². The molecule has 2 rings (SSSR count). The van der Waals surface area contributed by atoms with Crippen molar-refractivity contribution in [2.45, 2.75) is 37.8 Å². The molecule has 1 aliphatic carbocycles. The van der Waals surface area contributed by atoms with E-state index in [9.17, 15) is 4.79 Å². The van der Waals surface area contributed by atoms with E-state index in [4.69, 9.17) is 15.4 Å². The van der Waals surface area contributed by atoms with Gasteiger partial charge in [0.05, 0.1) is 17.2 Å². The Balaban J connectivity index is 1.84. The molecule has 0 aromatic heterocycles. The van der Waals surface area contributed by atoms with Gasteiger partial charge in [-0.2, -0.15) is 5.26 Å². The zero-order chi connectivity index (χ0) is 18.2. The molecule has 3 N–H and O–H groups in total. The van der Waals surface area contributed by atoms with Crippen molar-refractivity contribution in [3.05, 3.63) is 40.0 Å². The minimum absolute atomic E-state index is 0.0975. The number of rotatable bonds is 6. The third kappa shape index (κ3) is 5.33. The molecule has 0 unspecified atom stereocenters.